The van der Waals surface area contributed by atoms with E-state index in [0.29, 0.717) is 5.69 Å². The van der Waals surface area contributed by atoms with E-state index in [9.17, 15) is 9.59 Å². The van der Waals surface area contributed by atoms with E-state index in [1.165, 1.54) is 22.9 Å². The molecule has 0 bridgehead atoms. The summed E-state index contributed by atoms with van der Waals surface area (Å²) in [7, 11) is 0. The molecule has 0 aliphatic carbocycles. The van der Waals surface area contributed by atoms with Gasteiger partial charge in [0.1, 0.15) is 6.04 Å². The molecule has 2 aromatic rings. The average Bonchev–Trinajstić information content (AvgIpc) is 2.44. The fourth-order valence-corrected chi connectivity index (χ4v) is 2.55. The van der Waals surface area contributed by atoms with Crippen molar-refractivity contribution >= 4 is 17.3 Å². The van der Waals surface area contributed by atoms with Crippen LogP contribution in [0.15, 0.2) is 35.3 Å². The number of anilines is 2. The lowest BCUT2D eigenvalue weighted by Gasteiger charge is -2.18. The summed E-state index contributed by atoms with van der Waals surface area (Å²) in [6, 6.07) is 6.27. The molecule has 0 aliphatic rings. The Morgan fingerprint density at radius 2 is 1.77 bits per heavy atom. The van der Waals surface area contributed by atoms with Crippen LogP contribution in [0.25, 0.3) is 0 Å². The van der Waals surface area contributed by atoms with Crippen LogP contribution >= 0.6 is 0 Å². The van der Waals surface area contributed by atoms with Gasteiger partial charge in [0, 0.05) is 23.6 Å². The zero-order valence-electron chi connectivity index (χ0n) is 13.3. The second-order valence-electron chi connectivity index (χ2n) is 5.65. The van der Waals surface area contributed by atoms with Crippen molar-refractivity contribution < 1.29 is 4.79 Å². The third-order valence-corrected chi connectivity index (χ3v) is 3.68. The Morgan fingerprint density at radius 1 is 1.18 bits per heavy atom. The number of rotatable bonds is 3. The second-order valence-corrected chi connectivity index (χ2v) is 5.65. The molecule has 1 amide bonds. The van der Waals surface area contributed by atoms with Gasteiger partial charge in [0.15, 0.2) is 0 Å². The Balaban J connectivity index is 2.30. The molecule has 0 spiro atoms. The van der Waals surface area contributed by atoms with Crippen molar-refractivity contribution in [2.75, 3.05) is 11.1 Å². The van der Waals surface area contributed by atoms with Crippen molar-refractivity contribution in [1.29, 1.82) is 0 Å². The predicted octanol–water partition coefficient (Wildman–Crippen LogP) is 2.56. The zero-order chi connectivity index (χ0) is 16.4. The number of carbonyl (C=O) groups is 1. The monoisotopic (exact) mass is 299 g/mol. The Labute approximate surface area is 129 Å². The van der Waals surface area contributed by atoms with Crippen LogP contribution in [0.1, 0.15) is 29.7 Å². The third kappa shape index (κ3) is 3.19. The Kier molecular flexibility index (Phi) is 4.35. The van der Waals surface area contributed by atoms with Crippen LogP contribution in [0.3, 0.4) is 0 Å². The molecule has 22 heavy (non-hydrogen) atoms. The molecule has 1 aromatic heterocycles. The molecule has 1 atom stereocenters. The van der Waals surface area contributed by atoms with Gasteiger partial charge in [0.25, 0.3) is 5.56 Å². The maximum Gasteiger partial charge on any atom is 0.251 e. The highest BCUT2D eigenvalue weighted by molar-refractivity contribution is 5.95. The van der Waals surface area contributed by atoms with Crippen molar-refractivity contribution in [1.82, 2.24) is 4.57 Å². The van der Waals surface area contributed by atoms with Crippen molar-refractivity contribution in [2.45, 2.75) is 33.7 Å². The van der Waals surface area contributed by atoms with Gasteiger partial charge in [-0.25, -0.2) is 0 Å². The molecule has 1 unspecified atom stereocenters. The van der Waals surface area contributed by atoms with Crippen LogP contribution in [0.2, 0.25) is 0 Å². The minimum Gasteiger partial charge on any atom is -0.398 e. The number of nitrogens with zero attached hydrogens (tertiary/aromatic N) is 1. The topological polar surface area (TPSA) is 77.1 Å². The van der Waals surface area contributed by atoms with E-state index < -0.39 is 6.04 Å². The highest BCUT2D eigenvalue weighted by Gasteiger charge is 2.18. The molecule has 0 saturated carbocycles. The Bertz CT molecular complexity index is 755. The largest absolute Gasteiger partial charge is 0.398 e. The van der Waals surface area contributed by atoms with Gasteiger partial charge >= 0.3 is 0 Å². The average molecular weight is 299 g/mol. The van der Waals surface area contributed by atoms with Crippen LogP contribution in [0, 0.1) is 20.8 Å². The molecular weight excluding hydrogens is 278 g/mol. The van der Waals surface area contributed by atoms with E-state index >= 15 is 0 Å². The number of nitrogens with one attached hydrogen (secondary N) is 1. The zero-order valence-corrected chi connectivity index (χ0v) is 13.3. The highest BCUT2D eigenvalue weighted by atomic mass is 16.2. The van der Waals surface area contributed by atoms with E-state index in [0.717, 1.165) is 22.4 Å². The molecule has 3 N–H and O–H groups in total. The number of carbonyl (C=O) groups excluding carboxylic acids is 1. The predicted molar refractivity (Wildman–Crippen MR) is 89.1 cm³/mol. The summed E-state index contributed by atoms with van der Waals surface area (Å²) >= 11 is 0. The van der Waals surface area contributed by atoms with E-state index in [1.807, 2.05) is 32.9 Å². The molecule has 2 rings (SSSR count). The molecule has 0 radical (unpaired) electrons. The summed E-state index contributed by atoms with van der Waals surface area (Å²) in [6.45, 7) is 7.59. The number of amides is 1. The maximum atomic E-state index is 12.5. The van der Waals surface area contributed by atoms with Gasteiger partial charge in [-0.1, -0.05) is 17.7 Å². The lowest BCUT2D eigenvalue weighted by Crippen LogP contribution is -2.31. The number of aromatic nitrogens is 1. The lowest BCUT2D eigenvalue weighted by atomic mass is 10.0. The standard InChI is InChI=1S/C17H21N3O2/c1-10-7-11(2)16(12(3)8-10)19-17(22)13(4)20-9-14(18)5-6-15(20)21/h5-9,13H,18H2,1-4H3,(H,19,22). The quantitative estimate of drug-likeness (QED) is 0.914. The number of pyridine rings is 1. The first-order valence-corrected chi connectivity index (χ1v) is 7.16. The van der Waals surface area contributed by atoms with E-state index in [4.69, 9.17) is 5.73 Å². The van der Waals surface area contributed by atoms with E-state index in [-0.39, 0.29) is 11.5 Å². The fourth-order valence-electron chi connectivity index (χ4n) is 2.55. The summed E-state index contributed by atoms with van der Waals surface area (Å²) in [6.07, 6.45) is 1.49. The molecule has 5 nitrogen and oxygen atoms in total. The van der Waals surface area contributed by atoms with Crippen molar-refractivity contribution in [2.24, 2.45) is 0 Å². The summed E-state index contributed by atoms with van der Waals surface area (Å²) in [5, 5.41) is 2.91. The van der Waals surface area contributed by atoms with Crippen molar-refractivity contribution in [3.8, 4) is 0 Å². The van der Waals surface area contributed by atoms with Crippen LogP contribution in [0.5, 0.6) is 0 Å². The molecule has 1 aromatic carbocycles. The smallest absolute Gasteiger partial charge is 0.251 e. The first-order chi connectivity index (χ1) is 10.3. The van der Waals surface area contributed by atoms with Crippen LogP contribution < -0.4 is 16.6 Å². The molecule has 5 heteroatoms. The molecular formula is C17H21N3O2. The van der Waals surface area contributed by atoms with Gasteiger partial charge < -0.3 is 15.6 Å². The summed E-state index contributed by atoms with van der Waals surface area (Å²) in [5.74, 6) is -0.247. The minimum absolute atomic E-state index is 0.247. The molecule has 116 valence electrons. The maximum absolute atomic E-state index is 12.5. The number of nitrogens with two attached hydrogens (primary N) is 1. The highest BCUT2D eigenvalue weighted by Crippen LogP contribution is 2.23. The number of nitrogen functional groups attached to an aromatic ring is 1. The van der Waals surface area contributed by atoms with Crippen LogP contribution in [-0.4, -0.2) is 10.5 Å². The first kappa shape index (κ1) is 15.8. The first-order valence-electron chi connectivity index (χ1n) is 7.16. The van der Waals surface area contributed by atoms with Gasteiger partial charge in [-0.15, -0.1) is 0 Å². The Morgan fingerprint density at radius 3 is 2.36 bits per heavy atom. The summed E-state index contributed by atoms with van der Waals surface area (Å²) in [4.78, 5) is 24.3. The molecule has 0 aliphatic heterocycles. The van der Waals surface area contributed by atoms with Crippen LogP contribution in [-0.2, 0) is 4.79 Å². The number of aryl methyl sites for hydroxylation is 3. The van der Waals surface area contributed by atoms with Gasteiger partial charge in [-0.3, -0.25) is 9.59 Å². The van der Waals surface area contributed by atoms with Gasteiger partial charge in [-0.05, 0) is 44.9 Å². The number of hydrogen-bond acceptors (Lipinski definition) is 3. The Hall–Kier alpha value is -2.56. The van der Waals surface area contributed by atoms with Crippen molar-refractivity contribution in [3.05, 3.63) is 57.5 Å². The lowest BCUT2D eigenvalue weighted by molar-refractivity contribution is -0.118. The molecule has 0 saturated heterocycles. The fraction of sp³-hybridized carbons (Fsp3) is 0.294. The SMILES string of the molecule is Cc1cc(C)c(NC(=O)C(C)n2cc(N)ccc2=O)c(C)c1. The summed E-state index contributed by atoms with van der Waals surface area (Å²) in [5.41, 5.74) is 9.82. The number of benzene rings is 1. The van der Waals surface area contributed by atoms with Crippen LogP contribution in [0.4, 0.5) is 11.4 Å². The minimum atomic E-state index is -0.642. The summed E-state index contributed by atoms with van der Waals surface area (Å²) < 4.78 is 1.34. The molecule has 1 heterocycles. The van der Waals surface area contributed by atoms with Gasteiger partial charge in [0.2, 0.25) is 5.91 Å². The van der Waals surface area contributed by atoms with Crippen molar-refractivity contribution in [3.63, 3.8) is 0 Å². The van der Waals surface area contributed by atoms with Gasteiger partial charge in [0.05, 0.1) is 0 Å². The van der Waals surface area contributed by atoms with Gasteiger partial charge in [-0.2, -0.15) is 0 Å². The second kappa shape index (κ2) is 6.05. The normalized spacial score (nSPS) is 12.0. The van der Waals surface area contributed by atoms with E-state index in [1.54, 1.807) is 6.92 Å². The number of hydrogen-bond donors (Lipinski definition) is 2. The molecule has 0 fully saturated rings. The third-order valence-electron chi connectivity index (χ3n) is 3.68. The van der Waals surface area contributed by atoms with E-state index in [2.05, 4.69) is 5.32 Å².